The Labute approximate surface area is 142 Å². The van der Waals surface area contributed by atoms with E-state index in [1.165, 1.54) is 0 Å². The topological polar surface area (TPSA) is 75.5 Å². The summed E-state index contributed by atoms with van der Waals surface area (Å²) in [6, 6.07) is 2.79. The van der Waals surface area contributed by atoms with Gasteiger partial charge in [0.2, 0.25) is 5.91 Å². The van der Waals surface area contributed by atoms with E-state index < -0.39 is 22.4 Å². The number of rotatable bonds is 4. The Balaban J connectivity index is 1.71. The summed E-state index contributed by atoms with van der Waals surface area (Å²) < 4.78 is 39.9. The molecule has 2 fully saturated rings. The molecule has 0 spiro atoms. The molecular formula is C16H18F3N3O3. The molecule has 2 aliphatic rings. The molecule has 1 saturated heterocycles. The van der Waals surface area contributed by atoms with Crippen LogP contribution in [0.4, 0.5) is 24.5 Å². The minimum absolute atomic E-state index is 0.0308. The number of nitrogens with zero attached hydrogens (tertiary/aromatic N) is 2. The van der Waals surface area contributed by atoms with Gasteiger partial charge in [0.1, 0.15) is 0 Å². The molecule has 1 aromatic carbocycles. The van der Waals surface area contributed by atoms with Gasteiger partial charge in [-0.15, -0.1) is 0 Å². The Hall–Kier alpha value is -2.32. The van der Waals surface area contributed by atoms with Crippen molar-refractivity contribution in [2.75, 3.05) is 18.0 Å². The molecule has 6 nitrogen and oxygen atoms in total. The van der Waals surface area contributed by atoms with Crippen LogP contribution in [0.3, 0.4) is 0 Å². The van der Waals surface area contributed by atoms with Gasteiger partial charge in [-0.25, -0.2) is 0 Å². The molecule has 3 rings (SSSR count). The summed E-state index contributed by atoms with van der Waals surface area (Å²) in [6.45, 7) is 0.715. The summed E-state index contributed by atoms with van der Waals surface area (Å²) in [5.74, 6) is 0.134. The second kappa shape index (κ2) is 6.53. The summed E-state index contributed by atoms with van der Waals surface area (Å²) in [5.41, 5.74) is -1.63. The van der Waals surface area contributed by atoms with Gasteiger partial charge in [0.15, 0.2) is 0 Å². The van der Waals surface area contributed by atoms with Gasteiger partial charge in [-0.05, 0) is 31.7 Å². The zero-order valence-corrected chi connectivity index (χ0v) is 13.4. The summed E-state index contributed by atoms with van der Waals surface area (Å²) in [7, 11) is 0. The summed E-state index contributed by atoms with van der Waals surface area (Å²) in [5, 5.41) is 13.7. The number of nitro groups is 1. The Morgan fingerprint density at radius 1 is 1.20 bits per heavy atom. The van der Waals surface area contributed by atoms with Crippen molar-refractivity contribution in [3.63, 3.8) is 0 Å². The first-order valence-corrected chi connectivity index (χ1v) is 8.16. The first-order valence-electron chi connectivity index (χ1n) is 8.16. The molecule has 0 unspecified atom stereocenters. The molecule has 1 N–H and O–H groups in total. The van der Waals surface area contributed by atoms with Crippen molar-refractivity contribution >= 4 is 17.3 Å². The standard InChI is InChI=1S/C16H18F3N3O3/c17-16(18,19)13-9-12(22(24)25)3-4-14(13)21-7-5-11(6-8-21)20-15(23)10-1-2-10/h3-4,9-11H,1-2,5-8H2,(H,20,23). The fourth-order valence-electron chi connectivity index (χ4n) is 3.07. The maximum atomic E-state index is 13.3. The highest BCUT2D eigenvalue weighted by Gasteiger charge is 2.37. The quantitative estimate of drug-likeness (QED) is 0.664. The summed E-state index contributed by atoms with van der Waals surface area (Å²) in [4.78, 5) is 23.3. The lowest BCUT2D eigenvalue weighted by Crippen LogP contribution is -2.45. The second-order valence-electron chi connectivity index (χ2n) is 6.50. The minimum atomic E-state index is -4.67. The molecule has 0 atom stereocenters. The fraction of sp³-hybridized carbons (Fsp3) is 0.562. The van der Waals surface area contributed by atoms with Crippen molar-refractivity contribution in [1.29, 1.82) is 0 Å². The molecule has 1 aliphatic heterocycles. The largest absolute Gasteiger partial charge is 0.418 e. The number of benzene rings is 1. The molecule has 0 radical (unpaired) electrons. The molecule has 9 heteroatoms. The lowest BCUT2D eigenvalue weighted by atomic mass is 10.0. The number of piperidine rings is 1. The number of carbonyl (C=O) groups excluding carboxylic acids is 1. The highest BCUT2D eigenvalue weighted by atomic mass is 19.4. The zero-order valence-electron chi connectivity index (χ0n) is 13.4. The SMILES string of the molecule is O=C(NC1CCN(c2ccc([N+](=O)[O-])cc2C(F)(F)F)CC1)C1CC1. The summed E-state index contributed by atoms with van der Waals surface area (Å²) >= 11 is 0. The molecule has 0 bridgehead atoms. The van der Waals surface area contributed by atoms with Crippen LogP contribution in [0.5, 0.6) is 0 Å². The van der Waals surface area contributed by atoms with Crippen molar-refractivity contribution in [1.82, 2.24) is 5.32 Å². The fourth-order valence-corrected chi connectivity index (χ4v) is 3.07. The van der Waals surface area contributed by atoms with Crippen LogP contribution < -0.4 is 10.2 Å². The number of amides is 1. The average Bonchev–Trinajstić information content (AvgIpc) is 3.39. The number of nitrogens with one attached hydrogen (secondary N) is 1. The molecule has 1 aromatic rings. The van der Waals surface area contributed by atoms with Crippen LogP contribution in [0.1, 0.15) is 31.2 Å². The Kier molecular flexibility index (Phi) is 4.57. The predicted molar refractivity (Wildman–Crippen MR) is 84.2 cm³/mol. The third kappa shape index (κ3) is 4.02. The first kappa shape index (κ1) is 17.5. The number of nitro benzene ring substituents is 1. The molecule has 1 aliphatic carbocycles. The van der Waals surface area contributed by atoms with Gasteiger partial charge in [0.25, 0.3) is 5.69 Å². The van der Waals surface area contributed by atoms with Crippen molar-refractivity contribution in [3.8, 4) is 0 Å². The van der Waals surface area contributed by atoms with Gasteiger partial charge in [0.05, 0.1) is 10.5 Å². The zero-order chi connectivity index (χ0) is 18.2. The number of alkyl halides is 3. The van der Waals surface area contributed by atoms with Crippen molar-refractivity contribution in [3.05, 3.63) is 33.9 Å². The number of hydrogen-bond donors (Lipinski definition) is 1. The smallest absolute Gasteiger partial charge is 0.371 e. The molecule has 136 valence electrons. The maximum Gasteiger partial charge on any atom is 0.418 e. The van der Waals surface area contributed by atoms with Crippen molar-refractivity contribution in [2.45, 2.75) is 37.9 Å². The van der Waals surface area contributed by atoms with Crippen LogP contribution in [0, 0.1) is 16.0 Å². The van der Waals surface area contributed by atoms with E-state index in [1.807, 2.05) is 0 Å². The number of carbonyl (C=O) groups is 1. The number of non-ortho nitro benzene ring substituents is 1. The third-order valence-electron chi connectivity index (χ3n) is 4.63. The monoisotopic (exact) mass is 357 g/mol. The lowest BCUT2D eigenvalue weighted by Gasteiger charge is -2.35. The molecular weight excluding hydrogens is 339 g/mol. The van der Waals surface area contributed by atoms with Crippen LogP contribution in [-0.4, -0.2) is 30.0 Å². The summed E-state index contributed by atoms with van der Waals surface area (Å²) in [6.07, 6.45) is -1.76. The number of halogens is 3. The van der Waals surface area contributed by atoms with Crippen LogP contribution in [0.25, 0.3) is 0 Å². The van der Waals surface area contributed by atoms with Gasteiger partial charge < -0.3 is 10.2 Å². The highest BCUT2D eigenvalue weighted by molar-refractivity contribution is 5.81. The molecule has 1 saturated carbocycles. The Bertz CT molecular complexity index is 681. The highest BCUT2D eigenvalue weighted by Crippen LogP contribution is 2.39. The van der Waals surface area contributed by atoms with E-state index in [1.54, 1.807) is 4.90 Å². The van der Waals surface area contributed by atoms with E-state index in [0.29, 0.717) is 32.0 Å². The van der Waals surface area contributed by atoms with Gasteiger partial charge in [-0.2, -0.15) is 13.2 Å². The van der Waals surface area contributed by atoms with Crippen molar-refractivity contribution < 1.29 is 22.9 Å². The van der Waals surface area contributed by atoms with E-state index in [-0.39, 0.29) is 23.6 Å². The molecule has 25 heavy (non-hydrogen) atoms. The van der Waals surface area contributed by atoms with Gasteiger partial charge in [-0.1, -0.05) is 0 Å². The van der Waals surface area contributed by atoms with E-state index in [2.05, 4.69) is 5.32 Å². The number of anilines is 1. The predicted octanol–water partition coefficient (Wildman–Crippen LogP) is 3.11. The van der Waals surface area contributed by atoms with Crippen LogP contribution in [0.15, 0.2) is 18.2 Å². The van der Waals surface area contributed by atoms with Crippen LogP contribution in [0.2, 0.25) is 0 Å². The van der Waals surface area contributed by atoms with E-state index in [4.69, 9.17) is 0 Å². The van der Waals surface area contributed by atoms with Crippen molar-refractivity contribution in [2.24, 2.45) is 5.92 Å². The molecule has 1 heterocycles. The first-order chi connectivity index (χ1) is 11.8. The Morgan fingerprint density at radius 3 is 2.36 bits per heavy atom. The van der Waals surface area contributed by atoms with E-state index in [0.717, 1.165) is 25.0 Å². The lowest BCUT2D eigenvalue weighted by molar-refractivity contribution is -0.385. The number of hydrogen-bond acceptors (Lipinski definition) is 4. The third-order valence-corrected chi connectivity index (χ3v) is 4.63. The van der Waals surface area contributed by atoms with Gasteiger partial charge in [0, 0.05) is 42.9 Å². The Morgan fingerprint density at radius 2 is 1.84 bits per heavy atom. The van der Waals surface area contributed by atoms with Crippen LogP contribution in [-0.2, 0) is 11.0 Å². The molecule has 0 aromatic heterocycles. The van der Waals surface area contributed by atoms with Gasteiger partial charge >= 0.3 is 6.18 Å². The van der Waals surface area contributed by atoms with Gasteiger partial charge in [-0.3, -0.25) is 14.9 Å². The normalized spacial score (nSPS) is 18.9. The van der Waals surface area contributed by atoms with E-state index >= 15 is 0 Å². The van der Waals surface area contributed by atoms with Crippen LogP contribution >= 0.6 is 0 Å². The maximum absolute atomic E-state index is 13.3. The average molecular weight is 357 g/mol. The molecule has 1 amide bonds. The second-order valence-corrected chi connectivity index (χ2v) is 6.50. The van der Waals surface area contributed by atoms with E-state index in [9.17, 15) is 28.1 Å². The minimum Gasteiger partial charge on any atom is -0.371 e.